The molecule has 2 aromatic rings. The quantitative estimate of drug-likeness (QED) is 0.849. The van der Waals surface area contributed by atoms with Gasteiger partial charge < -0.3 is 10.6 Å². The third-order valence-electron chi connectivity index (χ3n) is 3.58. The normalized spacial score (nSPS) is 23.8. The number of nitrogens with zero attached hydrogens (tertiary/aromatic N) is 3. The summed E-state index contributed by atoms with van der Waals surface area (Å²) in [7, 11) is 0. The first-order chi connectivity index (χ1) is 9.15. The van der Waals surface area contributed by atoms with Crippen molar-refractivity contribution in [3.05, 3.63) is 30.1 Å². The van der Waals surface area contributed by atoms with E-state index in [4.69, 9.17) is 5.73 Å². The molecule has 1 aliphatic rings. The van der Waals surface area contributed by atoms with Gasteiger partial charge in [-0.25, -0.2) is 4.39 Å². The Morgan fingerprint density at radius 1 is 1.21 bits per heavy atom. The molecule has 0 bridgehead atoms. The third-order valence-corrected chi connectivity index (χ3v) is 3.58. The van der Waals surface area contributed by atoms with E-state index in [2.05, 4.69) is 9.97 Å². The Morgan fingerprint density at radius 3 is 2.68 bits per heavy atom. The van der Waals surface area contributed by atoms with E-state index in [1.807, 2.05) is 24.0 Å². The summed E-state index contributed by atoms with van der Waals surface area (Å²) in [4.78, 5) is 10.7. The molecule has 0 spiro atoms. The van der Waals surface area contributed by atoms with Crippen LogP contribution in [0.5, 0.6) is 0 Å². The molecule has 1 saturated heterocycles. The van der Waals surface area contributed by atoms with E-state index in [0.29, 0.717) is 19.5 Å². The molecule has 19 heavy (non-hydrogen) atoms. The van der Waals surface area contributed by atoms with E-state index < -0.39 is 6.17 Å². The second-order valence-corrected chi connectivity index (χ2v) is 5.15. The van der Waals surface area contributed by atoms with Crippen molar-refractivity contribution in [2.45, 2.75) is 25.6 Å². The minimum Gasteiger partial charge on any atom is -0.365 e. The van der Waals surface area contributed by atoms with Crippen LogP contribution in [-0.2, 0) is 0 Å². The largest absolute Gasteiger partial charge is 0.365 e. The standard InChI is InChI=1S/C14H17FN4/c1-9-2-3-12(14-13(9)17-4-5-18-14)19-7-10(15)6-11(16)8-19/h2-5,10-11H,6-8,16H2,1H3/t10-,11+/m1/s1. The summed E-state index contributed by atoms with van der Waals surface area (Å²) in [6.07, 6.45) is 2.91. The van der Waals surface area contributed by atoms with Gasteiger partial charge in [-0.2, -0.15) is 0 Å². The molecule has 0 radical (unpaired) electrons. The lowest BCUT2D eigenvalue weighted by Crippen LogP contribution is -2.48. The Kier molecular flexibility index (Phi) is 3.06. The van der Waals surface area contributed by atoms with Crippen molar-refractivity contribution in [3.63, 3.8) is 0 Å². The van der Waals surface area contributed by atoms with Crippen molar-refractivity contribution in [3.8, 4) is 0 Å². The van der Waals surface area contributed by atoms with E-state index in [0.717, 1.165) is 22.3 Å². The SMILES string of the molecule is Cc1ccc(N2C[C@@H](N)C[C@@H](F)C2)c2nccnc12. The fourth-order valence-electron chi connectivity index (χ4n) is 2.70. The van der Waals surface area contributed by atoms with Gasteiger partial charge >= 0.3 is 0 Å². The molecule has 1 aromatic heterocycles. The predicted molar refractivity (Wildman–Crippen MR) is 74.0 cm³/mol. The van der Waals surface area contributed by atoms with Crippen LogP contribution in [0.2, 0.25) is 0 Å². The van der Waals surface area contributed by atoms with Crippen LogP contribution in [0.1, 0.15) is 12.0 Å². The average molecular weight is 260 g/mol. The maximum Gasteiger partial charge on any atom is 0.119 e. The Bertz CT molecular complexity index is 591. The average Bonchev–Trinajstić information content (AvgIpc) is 2.38. The smallest absolute Gasteiger partial charge is 0.119 e. The molecule has 1 aromatic carbocycles. The topological polar surface area (TPSA) is 55.0 Å². The number of rotatable bonds is 1. The van der Waals surface area contributed by atoms with Gasteiger partial charge in [-0.1, -0.05) is 6.07 Å². The summed E-state index contributed by atoms with van der Waals surface area (Å²) in [5.74, 6) is 0. The number of fused-ring (bicyclic) bond motifs is 1. The van der Waals surface area contributed by atoms with Gasteiger partial charge in [0.15, 0.2) is 0 Å². The highest BCUT2D eigenvalue weighted by Crippen LogP contribution is 2.28. The first-order valence-electron chi connectivity index (χ1n) is 6.50. The molecule has 0 saturated carbocycles. The van der Waals surface area contributed by atoms with Gasteiger partial charge in [0.25, 0.3) is 0 Å². The molecule has 1 fully saturated rings. The number of hydrogen-bond donors (Lipinski definition) is 1. The van der Waals surface area contributed by atoms with Crippen molar-refractivity contribution in [1.82, 2.24) is 9.97 Å². The zero-order chi connectivity index (χ0) is 13.4. The number of alkyl halides is 1. The molecule has 4 nitrogen and oxygen atoms in total. The van der Waals surface area contributed by atoms with Crippen molar-refractivity contribution in [2.75, 3.05) is 18.0 Å². The number of aryl methyl sites for hydroxylation is 1. The number of benzene rings is 1. The maximum atomic E-state index is 13.7. The van der Waals surface area contributed by atoms with Crippen LogP contribution < -0.4 is 10.6 Å². The van der Waals surface area contributed by atoms with Gasteiger partial charge in [-0.3, -0.25) is 9.97 Å². The second kappa shape index (κ2) is 4.74. The summed E-state index contributed by atoms with van der Waals surface area (Å²) in [5, 5.41) is 0. The van der Waals surface area contributed by atoms with Crippen LogP contribution in [0.25, 0.3) is 11.0 Å². The molecule has 0 aliphatic carbocycles. The number of aromatic nitrogens is 2. The van der Waals surface area contributed by atoms with Gasteiger partial charge in [0.1, 0.15) is 11.7 Å². The monoisotopic (exact) mass is 260 g/mol. The van der Waals surface area contributed by atoms with Crippen molar-refractivity contribution in [1.29, 1.82) is 0 Å². The Balaban J connectivity index is 2.07. The fourth-order valence-corrected chi connectivity index (χ4v) is 2.70. The molecule has 0 unspecified atom stereocenters. The highest BCUT2D eigenvalue weighted by molar-refractivity contribution is 5.90. The number of piperidine rings is 1. The van der Waals surface area contributed by atoms with Crippen LogP contribution >= 0.6 is 0 Å². The first kappa shape index (κ1) is 12.3. The molecule has 5 heteroatoms. The molecule has 2 N–H and O–H groups in total. The number of hydrogen-bond acceptors (Lipinski definition) is 4. The molecular weight excluding hydrogens is 243 g/mol. The lowest BCUT2D eigenvalue weighted by Gasteiger charge is -2.35. The van der Waals surface area contributed by atoms with Gasteiger partial charge in [0, 0.05) is 31.5 Å². The minimum atomic E-state index is -0.878. The zero-order valence-corrected chi connectivity index (χ0v) is 10.9. The zero-order valence-electron chi connectivity index (χ0n) is 10.9. The predicted octanol–water partition coefficient (Wildman–Crippen LogP) is 1.81. The van der Waals surface area contributed by atoms with E-state index in [1.165, 1.54) is 0 Å². The van der Waals surface area contributed by atoms with Crippen LogP contribution in [0.15, 0.2) is 24.5 Å². The number of anilines is 1. The first-order valence-corrected chi connectivity index (χ1v) is 6.50. The molecule has 2 atom stereocenters. The summed E-state index contributed by atoms with van der Waals surface area (Å²) in [6, 6.07) is 3.85. The maximum absolute atomic E-state index is 13.7. The Labute approximate surface area is 111 Å². The number of halogens is 1. The van der Waals surface area contributed by atoms with E-state index in [-0.39, 0.29) is 6.04 Å². The Hall–Kier alpha value is -1.75. The highest BCUT2D eigenvalue weighted by Gasteiger charge is 2.26. The van der Waals surface area contributed by atoms with Gasteiger partial charge in [-0.15, -0.1) is 0 Å². The van der Waals surface area contributed by atoms with E-state index >= 15 is 0 Å². The summed E-state index contributed by atoms with van der Waals surface area (Å²) >= 11 is 0. The van der Waals surface area contributed by atoms with Gasteiger partial charge in [0.2, 0.25) is 0 Å². The number of nitrogens with two attached hydrogens (primary N) is 1. The van der Waals surface area contributed by atoms with Crippen LogP contribution in [-0.4, -0.2) is 35.3 Å². The van der Waals surface area contributed by atoms with E-state index in [9.17, 15) is 4.39 Å². The van der Waals surface area contributed by atoms with Crippen LogP contribution in [0.3, 0.4) is 0 Å². The molecule has 2 heterocycles. The Morgan fingerprint density at radius 2 is 1.95 bits per heavy atom. The van der Waals surface area contributed by atoms with Crippen LogP contribution in [0.4, 0.5) is 10.1 Å². The van der Waals surface area contributed by atoms with Crippen molar-refractivity contribution >= 4 is 16.7 Å². The summed E-state index contributed by atoms with van der Waals surface area (Å²) in [5.41, 5.74) is 9.60. The third kappa shape index (κ3) is 2.26. The molecule has 1 aliphatic heterocycles. The molecule has 3 rings (SSSR count). The van der Waals surface area contributed by atoms with Crippen molar-refractivity contribution in [2.24, 2.45) is 5.73 Å². The summed E-state index contributed by atoms with van der Waals surface area (Å²) < 4.78 is 13.7. The highest BCUT2D eigenvalue weighted by atomic mass is 19.1. The lowest BCUT2D eigenvalue weighted by atomic mass is 10.0. The van der Waals surface area contributed by atoms with E-state index in [1.54, 1.807) is 12.4 Å². The van der Waals surface area contributed by atoms with Gasteiger partial charge in [0.05, 0.1) is 11.2 Å². The lowest BCUT2D eigenvalue weighted by molar-refractivity contribution is 0.269. The summed E-state index contributed by atoms with van der Waals surface area (Å²) in [6.45, 7) is 3.04. The molecule has 0 amide bonds. The van der Waals surface area contributed by atoms with Crippen molar-refractivity contribution < 1.29 is 4.39 Å². The van der Waals surface area contributed by atoms with Crippen LogP contribution in [0, 0.1) is 6.92 Å². The van der Waals surface area contributed by atoms with Gasteiger partial charge in [-0.05, 0) is 25.0 Å². The molecule has 100 valence electrons. The molecular formula is C14H17FN4. The fraction of sp³-hybridized carbons (Fsp3) is 0.429. The minimum absolute atomic E-state index is 0.128. The second-order valence-electron chi connectivity index (χ2n) is 5.15.